The van der Waals surface area contributed by atoms with Gasteiger partial charge in [0.25, 0.3) is 21.8 Å². The van der Waals surface area contributed by atoms with Crippen LogP contribution in [-0.2, 0) is 10.0 Å². The molecule has 4 rings (SSSR count). The number of carbonyl (C=O) groups excluding carboxylic acids is 2. The molecule has 0 unspecified atom stereocenters. The predicted molar refractivity (Wildman–Crippen MR) is 128 cm³/mol. The average Bonchev–Trinajstić information content (AvgIpc) is 3.26. The molecule has 0 bridgehead atoms. The van der Waals surface area contributed by atoms with Gasteiger partial charge in [-0.3, -0.25) is 14.3 Å². The molecule has 2 amide bonds. The van der Waals surface area contributed by atoms with E-state index in [1.54, 1.807) is 36.9 Å². The van der Waals surface area contributed by atoms with E-state index in [1.807, 2.05) is 0 Å². The molecule has 1 aliphatic heterocycles. The van der Waals surface area contributed by atoms with E-state index in [0.29, 0.717) is 37.1 Å². The summed E-state index contributed by atoms with van der Waals surface area (Å²) < 4.78 is 46.8. The van der Waals surface area contributed by atoms with E-state index >= 15 is 0 Å². The lowest BCUT2D eigenvalue weighted by molar-refractivity contribution is 0.0695. The van der Waals surface area contributed by atoms with Gasteiger partial charge in [-0.2, -0.15) is 0 Å². The molecule has 1 saturated heterocycles. The summed E-state index contributed by atoms with van der Waals surface area (Å²) in [6.45, 7) is 4.23. The van der Waals surface area contributed by atoms with Crippen LogP contribution in [-0.4, -0.2) is 44.3 Å². The second-order valence-corrected chi connectivity index (χ2v) is 10.3. The van der Waals surface area contributed by atoms with Crippen molar-refractivity contribution in [2.24, 2.45) is 0 Å². The molecule has 35 heavy (non-hydrogen) atoms. The van der Waals surface area contributed by atoms with Crippen LogP contribution in [0.1, 0.15) is 44.9 Å². The molecule has 2 aromatic carbocycles. The SMILES string of the molecule is Cc1ccc(S(=O)(=O)Nc2cccc(C(=O)N3CCC(NC(=O)c4occc4C)CC3)c2)cc1F. The first-order chi connectivity index (χ1) is 16.6. The van der Waals surface area contributed by atoms with Gasteiger partial charge in [-0.05, 0) is 68.7 Å². The Morgan fingerprint density at radius 2 is 1.77 bits per heavy atom. The minimum Gasteiger partial charge on any atom is -0.459 e. The van der Waals surface area contributed by atoms with Crippen LogP contribution >= 0.6 is 0 Å². The Morgan fingerprint density at radius 1 is 1.03 bits per heavy atom. The number of nitrogens with one attached hydrogen (secondary N) is 2. The summed E-state index contributed by atoms with van der Waals surface area (Å²) in [5.74, 6) is -0.836. The number of furan rings is 1. The lowest BCUT2D eigenvalue weighted by Crippen LogP contribution is -2.46. The van der Waals surface area contributed by atoms with E-state index in [-0.39, 0.29) is 34.2 Å². The Morgan fingerprint density at radius 3 is 2.43 bits per heavy atom. The lowest BCUT2D eigenvalue weighted by Gasteiger charge is -2.32. The van der Waals surface area contributed by atoms with Gasteiger partial charge in [-0.1, -0.05) is 12.1 Å². The second kappa shape index (κ2) is 9.91. The van der Waals surface area contributed by atoms with E-state index in [2.05, 4.69) is 10.0 Å². The zero-order chi connectivity index (χ0) is 25.2. The lowest BCUT2D eigenvalue weighted by atomic mass is 10.0. The van der Waals surface area contributed by atoms with Crippen LogP contribution in [0.3, 0.4) is 0 Å². The Balaban J connectivity index is 1.38. The van der Waals surface area contributed by atoms with E-state index in [9.17, 15) is 22.4 Å². The number of hydrogen-bond acceptors (Lipinski definition) is 5. The number of halogens is 1. The van der Waals surface area contributed by atoms with Crippen LogP contribution in [0.4, 0.5) is 10.1 Å². The van der Waals surface area contributed by atoms with Crippen molar-refractivity contribution in [2.75, 3.05) is 17.8 Å². The minimum absolute atomic E-state index is 0.0795. The van der Waals surface area contributed by atoms with Crippen LogP contribution in [0.5, 0.6) is 0 Å². The molecule has 0 spiro atoms. The van der Waals surface area contributed by atoms with Crippen LogP contribution in [0.25, 0.3) is 0 Å². The van der Waals surface area contributed by atoms with E-state index in [4.69, 9.17) is 4.42 Å². The molecular formula is C25H26FN3O5S. The number of rotatable bonds is 6. The highest BCUT2D eigenvalue weighted by Crippen LogP contribution is 2.21. The molecule has 0 aliphatic carbocycles. The maximum absolute atomic E-state index is 13.8. The highest BCUT2D eigenvalue weighted by atomic mass is 32.2. The summed E-state index contributed by atoms with van der Waals surface area (Å²) in [4.78, 5) is 26.9. The van der Waals surface area contributed by atoms with Gasteiger partial charge < -0.3 is 14.6 Å². The van der Waals surface area contributed by atoms with Crippen LogP contribution in [0.2, 0.25) is 0 Å². The number of sulfonamides is 1. The van der Waals surface area contributed by atoms with Gasteiger partial charge in [0.2, 0.25) is 0 Å². The normalized spacial score (nSPS) is 14.5. The van der Waals surface area contributed by atoms with Gasteiger partial charge in [-0.25, -0.2) is 12.8 Å². The summed E-state index contributed by atoms with van der Waals surface area (Å²) in [7, 11) is -4.02. The maximum Gasteiger partial charge on any atom is 0.287 e. The average molecular weight is 500 g/mol. The molecule has 0 atom stereocenters. The first kappa shape index (κ1) is 24.5. The molecule has 0 saturated carbocycles. The molecule has 184 valence electrons. The molecule has 2 heterocycles. The van der Waals surface area contributed by atoms with Crippen molar-refractivity contribution in [1.29, 1.82) is 0 Å². The minimum atomic E-state index is -4.02. The first-order valence-electron chi connectivity index (χ1n) is 11.2. The second-order valence-electron chi connectivity index (χ2n) is 8.57. The topological polar surface area (TPSA) is 109 Å². The van der Waals surface area contributed by atoms with Crippen LogP contribution in [0.15, 0.2) is 64.1 Å². The van der Waals surface area contributed by atoms with Crippen LogP contribution in [0, 0.1) is 19.7 Å². The zero-order valence-corrected chi connectivity index (χ0v) is 20.2. The number of nitrogens with zero attached hydrogens (tertiary/aromatic N) is 1. The monoisotopic (exact) mass is 499 g/mol. The summed E-state index contributed by atoms with van der Waals surface area (Å²) in [5.41, 5.74) is 1.64. The summed E-state index contributed by atoms with van der Waals surface area (Å²) >= 11 is 0. The molecule has 1 fully saturated rings. The van der Waals surface area contributed by atoms with Gasteiger partial charge in [-0.15, -0.1) is 0 Å². The maximum atomic E-state index is 13.8. The van der Waals surface area contributed by atoms with Crippen molar-refractivity contribution in [3.8, 4) is 0 Å². The smallest absolute Gasteiger partial charge is 0.287 e. The number of aryl methyl sites for hydroxylation is 2. The van der Waals surface area contributed by atoms with E-state index in [1.165, 1.54) is 30.5 Å². The van der Waals surface area contributed by atoms with Crippen molar-refractivity contribution in [1.82, 2.24) is 10.2 Å². The number of hydrogen-bond donors (Lipinski definition) is 2. The van der Waals surface area contributed by atoms with E-state index in [0.717, 1.165) is 11.6 Å². The van der Waals surface area contributed by atoms with Crippen molar-refractivity contribution in [3.05, 3.63) is 83.1 Å². The van der Waals surface area contributed by atoms with Gasteiger partial charge in [0, 0.05) is 35.9 Å². The number of anilines is 1. The molecular weight excluding hydrogens is 473 g/mol. The largest absolute Gasteiger partial charge is 0.459 e. The van der Waals surface area contributed by atoms with Crippen molar-refractivity contribution >= 4 is 27.5 Å². The zero-order valence-electron chi connectivity index (χ0n) is 19.4. The Bertz CT molecular complexity index is 1360. The third kappa shape index (κ3) is 5.54. The number of carbonyl (C=O) groups is 2. The fraction of sp³-hybridized carbons (Fsp3) is 0.280. The van der Waals surface area contributed by atoms with Crippen molar-refractivity contribution in [3.63, 3.8) is 0 Å². The molecule has 8 nitrogen and oxygen atoms in total. The Labute approximate surface area is 203 Å². The number of likely N-dealkylation sites (tertiary alicyclic amines) is 1. The summed E-state index contributed by atoms with van der Waals surface area (Å²) in [6, 6.07) is 11.5. The van der Waals surface area contributed by atoms with Crippen molar-refractivity contribution in [2.45, 2.75) is 37.6 Å². The third-order valence-electron chi connectivity index (χ3n) is 6.00. The molecule has 2 N–H and O–H groups in total. The highest BCUT2D eigenvalue weighted by molar-refractivity contribution is 7.92. The Kier molecular flexibility index (Phi) is 6.93. The molecule has 1 aliphatic rings. The number of amides is 2. The van der Waals surface area contributed by atoms with Crippen LogP contribution < -0.4 is 10.0 Å². The predicted octanol–water partition coefficient (Wildman–Crippen LogP) is 3.87. The number of benzene rings is 2. The standard InChI is InChI=1S/C25H26FN3O5S/c1-16-6-7-21(15-22(16)26)35(32,33)28-20-5-3-4-18(14-20)25(31)29-11-8-19(9-12-29)27-24(30)23-17(2)10-13-34-23/h3-7,10,13-15,19,28H,8-9,11-12H2,1-2H3,(H,27,30). The van der Waals surface area contributed by atoms with Crippen molar-refractivity contribution < 1.29 is 26.8 Å². The van der Waals surface area contributed by atoms with E-state index < -0.39 is 15.8 Å². The van der Waals surface area contributed by atoms with Gasteiger partial charge in [0.1, 0.15) is 5.82 Å². The number of piperidine rings is 1. The highest BCUT2D eigenvalue weighted by Gasteiger charge is 2.26. The molecule has 10 heteroatoms. The fourth-order valence-electron chi connectivity index (χ4n) is 3.94. The molecule has 1 aromatic heterocycles. The van der Waals surface area contributed by atoms with Gasteiger partial charge >= 0.3 is 0 Å². The summed E-state index contributed by atoms with van der Waals surface area (Å²) in [5, 5.41) is 2.95. The molecule has 3 aromatic rings. The van der Waals surface area contributed by atoms with Gasteiger partial charge in [0.15, 0.2) is 5.76 Å². The van der Waals surface area contributed by atoms with Gasteiger partial charge in [0.05, 0.1) is 11.2 Å². The first-order valence-corrected chi connectivity index (χ1v) is 12.7. The molecule has 0 radical (unpaired) electrons. The Hall–Kier alpha value is -3.66. The quantitative estimate of drug-likeness (QED) is 0.535. The third-order valence-corrected chi connectivity index (χ3v) is 7.38. The summed E-state index contributed by atoms with van der Waals surface area (Å²) in [6.07, 6.45) is 2.64. The fourth-order valence-corrected chi connectivity index (χ4v) is 5.00.